The van der Waals surface area contributed by atoms with E-state index in [9.17, 15) is 19.2 Å². The summed E-state index contributed by atoms with van der Waals surface area (Å²) in [5, 5.41) is 6.17. The Bertz CT molecular complexity index is 1000. The largest absolute Gasteiger partial charge is 0.354 e. The average Bonchev–Trinajstić information content (AvgIpc) is 3.46. The molecule has 0 aromatic carbocycles. The fourth-order valence-electron chi connectivity index (χ4n) is 6.56. The first kappa shape index (κ1) is 37.8. The van der Waals surface area contributed by atoms with Crippen LogP contribution in [0.2, 0.25) is 0 Å². The van der Waals surface area contributed by atoms with Gasteiger partial charge in [-0.05, 0) is 70.8 Å². The fraction of sp³-hybridized carbons (Fsp3) is 0.829. The smallest absolute Gasteiger partial charge is 0.249 e. The topological polar surface area (TPSA) is 102 Å². The van der Waals surface area contributed by atoms with Crippen LogP contribution in [0.5, 0.6) is 0 Å². The van der Waals surface area contributed by atoms with Crippen molar-refractivity contribution in [1.82, 2.24) is 25.3 Å². The summed E-state index contributed by atoms with van der Waals surface area (Å²) in [7, 11) is 1.76. The Hall–Kier alpha value is -2.42. The lowest BCUT2D eigenvalue weighted by molar-refractivity contribution is -0.142. The lowest BCUT2D eigenvalue weighted by atomic mass is 9.84. The van der Waals surface area contributed by atoms with Gasteiger partial charge in [0.1, 0.15) is 12.1 Å². The zero-order valence-corrected chi connectivity index (χ0v) is 29.5. The summed E-state index contributed by atoms with van der Waals surface area (Å²) < 4.78 is 0. The second-order valence-corrected chi connectivity index (χ2v) is 14.7. The van der Waals surface area contributed by atoms with Crippen molar-refractivity contribution in [2.45, 2.75) is 150 Å². The summed E-state index contributed by atoms with van der Waals surface area (Å²) in [5.74, 6) is -0.475. The van der Waals surface area contributed by atoms with Crippen LogP contribution in [-0.2, 0) is 19.2 Å². The van der Waals surface area contributed by atoms with E-state index in [2.05, 4.69) is 36.3 Å². The molecule has 2 heterocycles. The van der Waals surface area contributed by atoms with Gasteiger partial charge in [-0.1, -0.05) is 73.3 Å². The van der Waals surface area contributed by atoms with Crippen LogP contribution in [0, 0.1) is 11.3 Å². The second-order valence-electron chi connectivity index (χ2n) is 14.7. The van der Waals surface area contributed by atoms with Gasteiger partial charge in [0.15, 0.2) is 0 Å². The Morgan fingerprint density at radius 1 is 0.909 bits per heavy atom. The van der Waals surface area contributed by atoms with Crippen LogP contribution in [0.4, 0.5) is 0 Å². The van der Waals surface area contributed by atoms with Gasteiger partial charge in [-0.15, -0.1) is 0 Å². The molecule has 0 radical (unpaired) electrons. The Balaban J connectivity index is 2.19. The summed E-state index contributed by atoms with van der Waals surface area (Å²) in [5.41, 5.74) is 0.0123. The number of unbranched alkanes of at least 4 members (excludes halogenated alkanes) is 3. The number of likely N-dealkylation sites (N-methyl/N-ethyl adjacent to an activating group) is 1. The number of nitrogens with zero attached hydrogens (tertiary/aromatic N) is 3. The van der Waals surface area contributed by atoms with E-state index < -0.39 is 17.5 Å². The van der Waals surface area contributed by atoms with E-state index in [0.717, 1.165) is 57.9 Å². The molecule has 2 N–H and O–H groups in total. The van der Waals surface area contributed by atoms with Crippen molar-refractivity contribution < 1.29 is 19.2 Å². The highest BCUT2D eigenvalue weighted by molar-refractivity contribution is 5.97. The number of amides is 4. The van der Waals surface area contributed by atoms with E-state index in [-0.39, 0.29) is 47.7 Å². The molecule has 9 heteroatoms. The van der Waals surface area contributed by atoms with Crippen molar-refractivity contribution >= 4 is 23.6 Å². The molecule has 0 bridgehead atoms. The number of hydrogen-bond donors (Lipinski definition) is 2. The van der Waals surface area contributed by atoms with E-state index in [1.807, 2.05) is 40.7 Å². The Kier molecular flexibility index (Phi) is 14.9. The molecule has 0 aliphatic carbocycles. The molecule has 0 saturated carbocycles. The summed E-state index contributed by atoms with van der Waals surface area (Å²) >= 11 is 0. The maximum Gasteiger partial charge on any atom is 0.249 e. The molecule has 252 valence electrons. The molecule has 0 spiro atoms. The molecule has 0 aromatic heterocycles. The third-order valence-electron chi connectivity index (χ3n) is 9.29. The summed E-state index contributed by atoms with van der Waals surface area (Å²) in [4.78, 5) is 59.9. The molecule has 2 aliphatic heterocycles. The third kappa shape index (κ3) is 10.3. The second kappa shape index (κ2) is 17.3. The van der Waals surface area contributed by atoms with Crippen LogP contribution in [0.15, 0.2) is 11.6 Å². The number of piperidine rings is 1. The zero-order valence-electron chi connectivity index (χ0n) is 29.5. The summed E-state index contributed by atoms with van der Waals surface area (Å²) in [6.45, 7) is 20.2. The fourth-order valence-corrected chi connectivity index (χ4v) is 6.56. The minimum absolute atomic E-state index is 0.0265. The minimum Gasteiger partial charge on any atom is -0.354 e. The van der Waals surface area contributed by atoms with Gasteiger partial charge in [0.2, 0.25) is 23.6 Å². The van der Waals surface area contributed by atoms with Crippen molar-refractivity contribution in [3.8, 4) is 0 Å². The van der Waals surface area contributed by atoms with Crippen LogP contribution in [-0.4, -0.2) is 95.2 Å². The first-order valence-electron chi connectivity index (χ1n) is 17.2. The van der Waals surface area contributed by atoms with Gasteiger partial charge in [-0.3, -0.25) is 24.1 Å². The van der Waals surface area contributed by atoms with Gasteiger partial charge >= 0.3 is 0 Å². The zero-order chi connectivity index (χ0) is 33.2. The standard InChI is InChI=1S/C35H63N5O4/c1-11-12-13-15-20-36-31(41)27-19-17-22-40(27)33(43)26(6)23-29(24(2)3)38(10)34(44)30(35(7,8)9)37-32(42)28-18-14-16-21-39(28)25(4)5/h23-25,27-30H,11-22H2,1-10H3,(H,36,41)(H,37,42)/t27-,28?,29+,30+/m0/s1. The maximum atomic E-state index is 14.1. The van der Waals surface area contributed by atoms with Gasteiger partial charge in [-0.25, -0.2) is 0 Å². The van der Waals surface area contributed by atoms with E-state index in [4.69, 9.17) is 0 Å². The molecule has 2 rings (SSSR count). The molecule has 4 atom stereocenters. The van der Waals surface area contributed by atoms with E-state index in [1.165, 1.54) is 0 Å². The van der Waals surface area contributed by atoms with E-state index in [1.54, 1.807) is 23.8 Å². The van der Waals surface area contributed by atoms with Crippen molar-refractivity contribution in [1.29, 1.82) is 0 Å². The molecular weight excluding hydrogens is 554 g/mol. The van der Waals surface area contributed by atoms with Gasteiger partial charge in [0.05, 0.1) is 12.1 Å². The number of likely N-dealkylation sites (tertiary alicyclic amines) is 2. The van der Waals surface area contributed by atoms with Gasteiger partial charge in [0.25, 0.3) is 0 Å². The molecular formula is C35H63N5O4. The molecule has 9 nitrogen and oxygen atoms in total. The Morgan fingerprint density at radius 3 is 2.16 bits per heavy atom. The molecule has 44 heavy (non-hydrogen) atoms. The lowest BCUT2D eigenvalue weighted by Crippen LogP contribution is -2.60. The normalized spacial score (nSPS) is 21.4. The quantitative estimate of drug-likeness (QED) is 0.213. The van der Waals surface area contributed by atoms with Crippen molar-refractivity contribution in [3.05, 3.63) is 11.6 Å². The van der Waals surface area contributed by atoms with Crippen molar-refractivity contribution in [2.24, 2.45) is 11.3 Å². The number of rotatable bonds is 14. The van der Waals surface area contributed by atoms with Crippen LogP contribution >= 0.6 is 0 Å². The number of carbonyl (C=O) groups is 4. The van der Waals surface area contributed by atoms with Crippen LogP contribution in [0.3, 0.4) is 0 Å². The maximum absolute atomic E-state index is 14.1. The molecule has 0 aromatic rings. The van der Waals surface area contributed by atoms with Crippen LogP contribution < -0.4 is 10.6 Å². The van der Waals surface area contributed by atoms with E-state index >= 15 is 0 Å². The number of carbonyl (C=O) groups excluding carboxylic acids is 4. The average molecular weight is 618 g/mol. The lowest BCUT2D eigenvalue weighted by Gasteiger charge is -2.41. The van der Waals surface area contributed by atoms with Crippen molar-refractivity contribution in [2.75, 3.05) is 26.7 Å². The van der Waals surface area contributed by atoms with Crippen LogP contribution in [0.1, 0.15) is 120 Å². The first-order chi connectivity index (χ1) is 20.6. The minimum atomic E-state index is -0.717. The van der Waals surface area contributed by atoms with Gasteiger partial charge in [-0.2, -0.15) is 0 Å². The SMILES string of the molecule is CCCCCCNC(=O)[C@@H]1CCCN1C(=O)C(C)=C[C@H](C(C)C)N(C)C(=O)[C@@H](NC(=O)C1CCCCN1C(C)C)C(C)(C)C. The van der Waals surface area contributed by atoms with Gasteiger partial charge < -0.3 is 20.4 Å². The molecule has 1 unspecified atom stereocenters. The monoisotopic (exact) mass is 617 g/mol. The Morgan fingerprint density at radius 2 is 1.57 bits per heavy atom. The molecule has 2 fully saturated rings. The highest BCUT2D eigenvalue weighted by atomic mass is 16.2. The number of hydrogen-bond acceptors (Lipinski definition) is 5. The Labute approximate surface area is 267 Å². The predicted octanol–water partition coefficient (Wildman–Crippen LogP) is 4.90. The molecule has 2 aliphatic rings. The summed E-state index contributed by atoms with van der Waals surface area (Å²) in [6, 6.07) is -1.52. The number of nitrogens with one attached hydrogen (secondary N) is 2. The predicted molar refractivity (Wildman–Crippen MR) is 178 cm³/mol. The molecule has 4 amide bonds. The van der Waals surface area contributed by atoms with Gasteiger partial charge in [0, 0.05) is 31.8 Å². The third-order valence-corrected chi connectivity index (χ3v) is 9.29. The first-order valence-corrected chi connectivity index (χ1v) is 17.2. The highest BCUT2D eigenvalue weighted by Gasteiger charge is 2.40. The summed E-state index contributed by atoms with van der Waals surface area (Å²) in [6.07, 6.45) is 10.5. The van der Waals surface area contributed by atoms with E-state index in [0.29, 0.717) is 25.1 Å². The van der Waals surface area contributed by atoms with Crippen LogP contribution in [0.25, 0.3) is 0 Å². The van der Waals surface area contributed by atoms with Crippen molar-refractivity contribution in [3.63, 3.8) is 0 Å². The molecule has 2 saturated heterocycles. The highest BCUT2D eigenvalue weighted by Crippen LogP contribution is 2.27.